The molecule has 1 aromatic carbocycles. The van der Waals surface area contributed by atoms with Crippen molar-refractivity contribution in [3.05, 3.63) is 29.3 Å². The molecule has 2 nitrogen and oxygen atoms in total. The molecule has 0 aliphatic heterocycles. The van der Waals surface area contributed by atoms with E-state index in [1.807, 2.05) is 0 Å². The lowest BCUT2D eigenvalue weighted by Gasteiger charge is -2.20. The van der Waals surface area contributed by atoms with Gasteiger partial charge in [-0.15, -0.1) is 0 Å². The van der Waals surface area contributed by atoms with E-state index >= 15 is 0 Å². The van der Waals surface area contributed by atoms with Gasteiger partial charge in [0.1, 0.15) is 5.75 Å². The number of benzene rings is 1. The maximum absolute atomic E-state index is 12.8. The third-order valence-electron chi connectivity index (χ3n) is 2.42. The Labute approximate surface area is 105 Å². The van der Waals surface area contributed by atoms with Crippen LogP contribution in [0.3, 0.4) is 0 Å². The van der Waals surface area contributed by atoms with Crippen molar-refractivity contribution in [2.75, 3.05) is 7.11 Å². The van der Waals surface area contributed by atoms with Gasteiger partial charge in [0.25, 0.3) is 0 Å². The Morgan fingerprint density at radius 3 is 2.16 bits per heavy atom. The minimum atomic E-state index is -4.80. The Bertz CT molecular complexity index is 440. The third-order valence-corrected chi connectivity index (χ3v) is 2.42. The topological polar surface area (TPSA) is 35.2 Å². The molecule has 0 bridgehead atoms. The Balaban J connectivity index is 3.20. The van der Waals surface area contributed by atoms with Crippen LogP contribution in [0.2, 0.25) is 0 Å². The van der Waals surface area contributed by atoms with E-state index < -0.39 is 35.9 Å². The van der Waals surface area contributed by atoms with Crippen LogP contribution in [-0.2, 0) is 6.18 Å². The molecular weight excluding hydrogens is 276 g/mol. The predicted octanol–water partition coefficient (Wildman–Crippen LogP) is 3.67. The molecule has 0 aromatic heterocycles. The summed E-state index contributed by atoms with van der Waals surface area (Å²) in [5, 5.41) is 0. The van der Waals surface area contributed by atoms with Crippen LogP contribution in [0, 0.1) is 0 Å². The van der Waals surface area contributed by atoms with Crippen LogP contribution in [0.1, 0.15) is 23.6 Å². The number of methoxy groups -OCH3 is 1. The second-order valence-electron chi connectivity index (χ2n) is 3.88. The molecule has 0 saturated heterocycles. The van der Waals surface area contributed by atoms with Crippen LogP contribution >= 0.6 is 0 Å². The molecule has 0 amide bonds. The van der Waals surface area contributed by atoms with Crippen molar-refractivity contribution in [3.63, 3.8) is 0 Å². The summed E-state index contributed by atoms with van der Waals surface area (Å²) in [4.78, 5) is 0. The quantitative estimate of drug-likeness (QED) is 0.861. The van der Waals surface area contributed by atoms with Crippen molar-refractivity contribution in [1.29, 1.82) is 0 Å². The van der Waals surface area contributed by atoms with E-state index in [1.165, 1.54) is 0 Å². The number of hydrogen-bond donors (Lipinski definition) is 1. The van der Waals surface area contributed by atoms with Crippen LogP contribution < -0.4 is 10.5 Å². The van der Waals surface area contributed by atoms with Crippen molar-refractivity contribution < 1.29 is 31.1 Å². The van der Waals surface area contributed by atoms with E-state index in [4.69, 9.17) is 5.73 Å². The van der Waals surface area contributed by atoms with Gasteiger partial charge in [-0.1, -0.05) is 6.07 Å². The molecule has 0 aliphatic carbocycles. The summed E-state index contributed by atoms with van der Waals surface area (Å²) < 4.78 is 79.5. The van der Waals surface area contributed by atoms with E-state index in [9.17, 15) is 26.3 Å². The number of ether oxygens (including phenoxy) is 1. The molecular formula is C11H11F6NO. The summed E-state index contributed by atoms with van der Waals surface area (Å²) in [5.41, 5.74) is 3.38. The lowest BCUT2D eigenvalue weighted by atomic mass is 9.97. The summed E-state index contributed by atoms with van der Waals surface area (Å²) in [6.07, 6.45) is -11.0. The zero-order valence-corrected chi connectivity index (χ0v) is 9.77. The van der Waals surface area contributed by atoms with E-state index in [1.54, 1.807) is 0 Å². The SMILES string of the molecule is COc1ccc([C@@H](N)CC(F)(F)F)c(C(F)(F)F)c1. The average Bonchev–Trinajstić information content (AvgIpc) is 2.24. The first-order valence-electron chi connectivity index (χ1n) is 5.12. The van der Waals surface area contributed by atoms with Gasteiger partial charge < -0.3 is 10.5 Å². The van der Waals surface area contributed by atoms with E-state index in [2.05, 4.69) is 4.74 Å². The molecule has 1 rings (SSSR count). The zero-order valence-electron chi connectivity index (χ0n) is 9.77. The molecule has 1 aromatic rings. The van der Waals surface area contributed by atoms with Gasteiger partial charge in [0, 0.05) is 6.04 Å². The van der Waals surface area contributed by atoms with Gasteiger partial charge in [-0.25, -0.2) is 0 Å². The molecule has 19 heavy (non-hydrogen) atoms. The van der Waals surface area contributed by atoms with Crippen LogP contribution in [0.15, 0.2) is 18.2 Å². The first kappa shape index (κ1) is 15.6. The molecule has 0 saturated carbocycles. The highest BCUT2D eigenvalue weighted by atomic mass is 19.4. The molecule has 1 atom stereocenters. The molecule has 0 heterocycles. The van der Waals surface area contributed by atoms with Gasteiger partial charge in [-0.2, -0.15) is 26.3 Å². The standard InChI is InChI=1S/C11H11F6NO/c1-19-6-2-3-7(8(4-6)11(15,16)17)9(18)5-10(12,13)14/h2-4,9H,5,18H2,1H3/t9-/m0/s1. The summed E-state index contributed by atoms with van der Waals surface area (Å²) >= 11 is 0. The first-order chi connectivity index (χ1) is 8.54. The smallest absolute Gasteiger partial charge is 0.416 e. The van der Waals surface area contributed by atoms with Crippen LogP contribution in [0.25, 0.3) is 0 Å². The minimum Gasteiger partial charge on any atom is -0.497 e. The number of hydrogen-bond acceptors (Lipinski definition) is 2. The predicted molar refractivity (Wildman–Crippen MR) is 55.6 cm³/mol. The molecule has 0 fully saturated rings. The fraction of sp³-hybridized carbons (Fsp3) is 0.455. The number of halogens is 6. The first-order valence-corrected chi connectivity index (χ1v) is 5.12. The highest BCUT2D eigenvalue weighted by molar-refractivity contribution is 5.39. The highest BCUT2D eigenvalue weighted by Crippen LogP contribution is 2.38. The number of rotatable bonds is 3. The Morgan fingerprint density at radius 2 is 1.74 bits per heavy atom. The minimum absolute atomic E-state index is 0.102. The van der Waals surface area contributed by atoms with E-state index in [0.29, 0.717) is 6.07 Å². The van der Waals surface area contributed by atoms with Crippen LogP contribution in [0.4, 0.5) is 26.3 Å². The summed E-state index contributed by atoms with van der Waals surface area (Å²) in [6.45, 7) is 0. The molecule has 0 spiro atoms. The highest BCUT2D eigenvalue weighted by Gasteiger charge is 2.38. The maximum atomic E-state index is 12.8. The van der Waals surface area contributed by atoms with E-state index in [-0.39, 0.29) is 5.75 Å². The fourth-order valence-electron chi connectivity index (χ4n) is 1.59. The second-order valence-corrected chi connectivity index (χ2v) is 3.88. The summed E-state index contributed by atoms with van der Waals surface area (Å²) in [7, 11) is 1.16. The fourth-order valence-corrected chi connectivity index (χ4v) is 1.59. The van der Waals surface area contributed by atoms with Crippen molar-refractivity contribution in [2.45, 2.75) is 24.8 Å². The molecule has 0 aliphatic rings. The normalized spacial score (nSPS) is 14.3. The third kappa shape index (κ3) is 4.30. The second kappa shape index (κ2) is 5.28. The Morgan fingerprint density at radius 1 is 1.16 bits per heavy atom. The Kier molecular flexibility index (Phi) is 4.34. The van der Waals surface area contributed by atoms with Gasteiger partial charge in [-0.05, 0) is 17.7 Å². The Hall–Kier alpha value is -1.44. The molecule has 2 N–H and O–H groups in total. The van der Waals surface area contributed by atoms with Crippen LogP contribution in [-0.4, -0.2) is 13.3 Å². The monoisotopic (exact) mass is 287 g/mol. The number of nitrogens with two attached hydrogens (primary N) is 1. The number of alkyl halides is 6. The average molecular weight is 287 g/mol. The summed E-state index contributed by atoms with van der Waals surface area (Å²) in [5.74, 6) is -0.102. The largest absolute Gasteiger partial charge is 0.497 e. The van der Waals surface area contributed by atoms with Crippen molar-refractivity contribution in [3.8, 4) is 5.75 Å². The van der Waals surface area contributed by atoms with E-state index in [0.717, 1.165) is 19.2 Å². The lowest BCUT2D eigenvalue weighted by Crippen LogP contribution is -2.23. The zero-order chi connectivity index (χ0) is 14.8. The van der Waals surface area contributed by atoms with Crippen molar-refractivity contribution in [1.82, 2.24) is 0 Å². The van der Waals surface area contributed by atoms with Gasteiger partial charge >= 0.3 is 12.4 Å². The van der Waals surface area contributed by atoms with Gasteiger partial charge in [0.2, 0.25) is 0 Å². The summed E-state index contributed by atoms with van der Waals surface area (Å²) in [6, 6.07) is 0.896. The van der Waals surface area contributed by atoms with Gasteiger partial charge in [0.15, 0.2) is 0 Å². The lowest BCUT2D eigenvalue weighted by molar-refractivity contribution is -0.144. The molecule has 8 heteroatoms. The van der Waals surface area contributed by atoms with Crippen molar-refractivity contribution >= 4 is 0 Å². The molecule has 108 valence electrons. The molecule has 0 unspecified atom stereocenters. The van der Waals surface area contributed by atoms with Gasteiger partial charge in [-0.3, -0.25) is 0 Å². The molecule has 0 radical (unpaired) electrons. The van der Waals surface area contributed by atoms with Gasteiger partial charge in [0.05, 0.1) is 19.1 Å². The van der Waals surface area contributed by atoms with Crippen molar-refractivity contribution in [2.24, 2.45) is 5.73 Å². The van der Waals surface area contributed by atoms with Crippen LogP contribution in [0.5, 0.6) is 5.75 Å². The maximum Gasteiger partial charge on any atom is 0.416 e.